The van der Waals surface area contributed by atoms with Gasteiger partial charge < -0.3 is 5.32 Å². The SMILES string of the molecule is CC1(C2CC2)CNC2(CCCCC2)CN1CCCF. The van der Waals surface area contributed by atoms with Crippen LogP contribution in [0, 0.1) is 5.92 Å². The molecule has 0 aromatic rings. The van der Waals surface area contributed by atoms with Gasteiger partial charge >= 0.3 is 0 Å². The Bertz CT molecular complexity index is 310. The number of nitrogens with one attached hydrogen (secondary N) is 1. The first kappa shape index (κ1) is 13.8. The predicted octanol–water partition coefficient (Wildman–Crippen LogP) is 3.12. The second-order valence-electron chi connectivity index (χ2n) is 7.29. The molecule has 1 unspecified atom stereocenters. The molecule has 1 saturated heterocycles. The normalized spacial score (nSPS) is 35.7. The van der Waals surface area contributed by atoms with Crippen molar-refractivity contribution in [2.24, 2.45) is 5.92 Å². The molecular weight excluding hydrogens is 239 g/mol. The fraction of sp³-hybridized carbons (Fsp3) is 1.00. The van der Waals surface area contributed by atoms with Gasteiger partial charge in [0.25, 0.3) is 0 Å². The molecule has 110 valence electrons. The van der Waals surface area contributed by atoms with E-state index in [-0.39, 0.29) is 12.2 Å². The van der Waals surface area contributed by atoms with Gasteiger partial charge in [0, 0.05) is 30.7 Å². The lowest BCUT2D eigenvalue weighted by Crippen LogP contribution is -2.70. The highest BCUT2D eigenvalue weighted by Crippen LogP contribution is 2.46. The molecule has 2 saturated carbocycles. The molecule has 1 N–H and O–H groups in total. The molecule has 3 rings (SSSR count). The van der Waals surface area contributed by atoms with Gasteiger partial charge in [-0.3, -0.25) is 9.29 Å². The van der Waals surface area contributed by atoms with Crippen molar-refractivity contribution in [3.05, 3.63) is 0 Å². The third-order valence-corrected chi connectivity index (χ3v) is 5.87. The smallest absolute Gasteiger partial charge is 0.0906 e. The van der Waals surface area contributed by atoms with Crippen molar-refractivity contribution in [3.63, 3.8) is 0 Å². The van der Waals surface area contributed by atoms with E-state index >= 15 is 0 Å². The van der Waals surface area contributed by atoms with Gasteiger partial charge in [0.2, 0.25) is 0 Å². The first-order chi connectivity index (χ1) is 9.19. The van der Waals surface area contributed by atoms with Crippen LogP contribution in [0.15, 0.2) is 0 Å². The van der Waals surface area contributed by atoms with Gasteiger partial charge in [-0.1, -0.05) is 19.3 Å². The highest BCUT2D eigenvalue weighted by atomic mass is 19.1. The Balaban J connectivity index is 1.71. The molecule has 0 aromatic heterocycles. The first-order valence-electron chi connectivity index (χ1n) is 8.25. The molecule has 19 heavy (non-hydrogen) atoms. The number of hydrogen-bond acceptors (Lipinski definition) is 2. The first-order valence-corrected chi connectivity index (χ1v) is 8.25. The average molecular weight is 268 g/mol. The van der Waals surface area contributed by atoms with Crippen LogP contribution < -0.4 is 5.32 Å². The zero-order chi connectivity index (χ0) is 13.3. The molecule has 2 aliphatic carbocycles. The van der Waals surface area contributed by atoms with Crippen molar-refractivity contribution in [2.45, 2.75) is 69.4 Å². The third kappa shape index (κ3) is 2.69. The lowest BCUT2D eigenvalue weighted by atomic mass is 9.76. The van der Waals surface area contributed by atoms with E-state index in [1.807, 2.05) is 0 Å². The minimum atomic E-state index is -0.169. The van der Waals surface area contributed by atoms with E-state index < -0.39 is 0 Å². The standard InChI is InChI=1S/C16H29FN2/c1-15(14-6-7-14)12-18-16(8-3-2-4-9-16)13-19(15)11-5-10-17/h14,18H,2-13H2,1H3. The molecule has 1 heterocycles. The summed E-state index contributed by atoms with van der Waals surface area (Å²) in [5.41, 5.74) is 0.640. The molecule has 0 radical (unpaired) electrons. The summed E-state index contributed by atoms with van der Waals surface area (Å²) in [4.78, 5) is 2.64. The third-order valence-electron chi connectivity index (χ3n) is 5.87. The summed E-state index contributed by atoms with van der Waals surface area (Å²) < 4.78 is 12.6. The number of nitrogens with zero attached hydrogens (tertiary/aromatic N) is 1. The Morgan fingerprint density at radius 3 is 2.58 bits per heavy atom. The summed E-state index contributed by atoms with van der Waals surface area (Å²) in [6.07, 6.45) is 10.2. The van der Waals surface area contributed by atoms with Gasteiger partial charge in [0.15, 0.2) is 0 Å². The highest BCUT2D eigenvalue weighted by Gasteiger charge is 2.51. The maximum atomic E-state index is 12.6. The molecule has 3 fully saturated rings. The predicted molar refractivity (Wildman–Crippen MR) is 77.1 cm³/mol. The largest absolute Gasteiger partial charge is 0.308 e. The van der Waals surface area contributed by atoms with Crippen LogP contribution in [-0.2, 0) is 0 Å². The van der Waals surface area contributed by atoms with Crippen LogP contribution in [0.1, 0.15) is 58.3 Å². The number of halogens is 1. The minimum absolute atomic E-state index is 0.169. The number of hydrogen-bond donors (Lipinski definition) is 1. The van der Waals surface area contributed by atoms with Crippen LogP contribution in [0.2, 0.25) is 0 Å². The fourth-order valence-corrected chi connectivity index (χ4v) is 4.34. The van der Waals surface area contributed by atoms with Gasteiger partial charge in [0.1, 0.15) is 0 Å². The van der Waals surface area contributed by atoms with E-state index in [1.54, 1.807) is 0 Å². The van der Waals surface area contributed by atoms with Crippen LogP contribution in [0.4, 0.5) is 4.39 Å². The minimum Gasteiger partial charge on any atom is -0.308 e. The number of rotatable bonds is 4. The van der Waals surface area contributed by atoms with Gasteiger partial charge in [-0.25, -0.2) is 0 Å². The van der Waals surface area contributed by atoms with E-state index in [1.165, 1.54) is 44.9 Å². The second-order valence-corrected chi connectivity index (χ2v) is 7.29. The van der Waals surface area contributed by atoms with Crippen LogP contribution in [0.3, 0.4) is 0 Å². The Morgan fingerprint density at radius 1 is 1.21 bits per heavy atom. The Labute approximate surface area is 117 Å². The molecule has 3 heteroatoms. The van der Waals surface area contributed by atoms with Gasteiger partial charge in [-0.05, 0) is 44.9 Å². The molecule has 2 nitrogen and oxygen atoms in total. The van der Waals surface area contributed by atoms with Crippen molar-refractivity contribution >= 4 is 0 Å². The Morgan fingerprint density at radius 2 is 1.95 bits per heavy atom. The van der Waals surface area contributed by atoms with Gasteiger partial charge in [-0.15, -0.1) is 0 Å². The van der Waals surface area contributed by atoms with Crippen molar-refractivity contribution in [3.8, 4) is 0 Å². The molecule has 0 amide bonds. The van der Waals surface area contributed by atoms with Crippen molar-refractivity contribution in [1.82, 2.24) is 10.2 Å². The van der Waals surface area contributed by atoms with E-state index in [4.69, 9.17) is 0 Å². The maximum absolute atomic E-state index is 12.6. The van der Waals surface area contributed by atoms with Crippen LogP contribution in [-0.4, -0.2) is 42.3 Å². The summed E-state index contributed by atoms with van der Waals surface area (Å²) in [5, 5.41) is 3.92. The average Bonchev–Trinajstić information content (AvgIpc) is 3.26. The summed E-state index contributed by atoms with van der Waals surface area (Å²) in [5.74, 6) is 0.848. The molecule has 0 aromatic carbocycles. The highest BCUT2D eigenvalue weighted by molar-refractivity contribution is 5.09. The van der Waals surface area contributed by atoms with E-state index in [2.05, 4.69) is 17.1 Å². The topological polar surface area (TPSA) is 15.3 Å². The summed E-state index contributed by atoms with van der Waals surface area (Å²) >= 11 is 0. The monoisotopic (exact) mass is 268 g/mol. The Hall–Kier alpha value is -0.150. The van der Waals surface area contributed by atoms with Crippen molar-refractivity contribution < 1.29 is 4.39 Å². The van der Waals surface area contributed by atoms with Gasteiger partial charge in [0.05, 0.1) is 6.67 Å². The van der Waals surface area contributed by atoms with Crippen molar-refractivity contribution in [1.29, 1.82) is 0 Å². The van der Waals surface area contributed by atoms with Crippen molar-refractivity contribution in [2.75, 3.05) is 26.3 Å². The molecule has 1 spiro atoms. The summed E-state index contributed by atoms with van der Waals surface area (Å²) in [6, 6.07) is 0. The molecule has 1 atom stereocenters. The summed E-state index contributed by atoms with van der Waals surface area (Å²) in [7, 11) is 0. The van der Waals surface area contributed by atoms with E-state index in [0.29, 0.717) is 12.0 Å². The number of piperazine rings is 1. The lowest BCUT2D eigenvalue weighted by Gasteiger charge is -2.55. The molecular formula is C16H29FN2. The van der Waals surface area contributed by atoms with Crippen LogP contribution >= 0.6 is 0 Å². The number of alkyl halides is 1. The zero-order valence-electron chi connectivity index (χ0n) is 12.4. The summed E-state index contributed by atoms with van der Waals surface area (Å²) in [6.45, 7) is 5.46. The fourth-order valence-electron chi connectivity index (χ4n) is 4.34. The van der Waals surface area contributed by atoms with Crippen LogP contribution in [0.5, 0.6) is 0 Å². The molecule has 1 aliphatic heterocycles. The van der Waals surface area contributed by atoms with Crippen LogP contribution in [0.25, 0.3) is 0 Å². The van der Waals surface area contributed by atoms with Gasteiger partial charge in [-0.2, -0.15) is 0 Å². The molecule has 3 aliphatic rings. The van der Waals surface area contributed by atoms with E-state index in [9.17, 15) is 4.39 Å². The maximum Gasteiger partial charge on any atom is 0.0906 e. The second kappa shape index (κ2) is 5.33. The lowest BCUT2D eigenvalue weighted by molar-refractivity contribution is -0.0132. The van der Waals surface area contributed by atoms with E-state index in [0.717, 1.165) is 25.6 Å². The quantitative estimate of drug-likeness (QED) is 0.843. The molecule has 0 bridgehead atoms. The zero-order valence-corrected chi connectivity index (χ0v) is 12.4. The Kier molecular flexibility index (Phi) is 3.87.